The molecule has 0 spiro atoms. The normalized spacial score (nSPS) is 15.5. The fourth-order valence-corrected chi connectivity index (χ4v) is 2.31. The van der Waals surface area contributed by atoms with Crippen molar-refractivity contribution in [3.05, 3.63) is 34.4 Å². The van der Waals surface area contributed by atoms with Gasteiger partial charge in [0, 0.05) is 0 Å². The Kier molecular flexibility index (Phi) is 3.68. The van der Waals surface area contributed by atoms with E-state index in [9.17, 15) is 31.9 Å². The summed E-state index contributed by atoms with van der Waals surface area (Å²) < 4.78 is 53.8. The maximum Gasteiger partial charge on any atom is 0.327 e. The molecule has 0 aromatic heterocycles. The third-order valence-electron chi connectivity index (χ3n) is 3.30. The predicted octanol–water partition coefficient (Wildman–Crippen LogP) is 1.95. The van der Waals surface area contributed by atoms with Crippen molar-refractivity contribution in [1.29, 1.82) is 0 Å². The maximum absolute atomic E-state index is 13.7. The van der Waals surface area contributed by atoms with Crippen LogP contribution in [0, 0.1) is 29.2 Å². The SMILES string of the molecule is CC(C)[C@@H](C(=O)O)N1C(=O)c2c(F)c(F)c(F)c(F)c2C1=O. The van der Waals surface area contributed by atoms with Gasteiger partial charge in [0.05, 0.1) is 11.1 Å². The first-order chi connectivity index (χ1) is 10.1. The molecule has 1 aromatic rings. The number of imide groups is 1. The third kappa shape index (κ3) is 1.96. The zero-order valence-electron chi connectivity index (χ0n) is 11.3. The molecule has 0 saturated heterocycles. The van der Waals surface area contributed by atoms with E-state index < -0.39 is 64.1 Å². The zero-order valence-corrected chi connectivity index (χ0v) is 11.3. The summed E-state index contributed by atoms with van der Waals surface area (Å²) in [5.41, 5.74) is -2.60. The van der Waals surface area contributed by atoms with Crippen LogP contribution in [0.5, 0.6) is 0 Å². The molecule has 0 unspecified atom stereocenters. The van der Waals surface area contributed by atoms with E-state index in [1.165, 1.54) is 13.8 Å². The highest BCUT2D eigenvalue weighted by molar-refractivity contribution is 6.23. The number of amides is 2. The van der Waals surface area contributed by atoms with Gasteiger partial charge < -0.3 is 5.11 Å². The van der Waals surface area contributed by atoms with E-state index in [0.29, 0.717) is 0 Å². The van der Waals surface area contributed by atoms with E-state index in [2.05, 4.69) is 0 Å². The van der Waals surface area contributed by atoms with E-state index in [0.717, 1.165) is 0 Å². The number of nitrogens with zero attached hydrogens (tertiary/aromatic N) is 1. The van der Waals surface area contributed by atoms with Crippen molar-refractivity contribution in [3.63, 3.8) is 0 Å². The smallest absolute Gasteiger partial charge is 0.327 e. The molecule has 5 nitrogen and oxygen atoms in total. The summed E-state index contributed by atoms with van der Waals surface area (Å²) in [4.78, 5) is 35.4. The molecule has 1 heterocycles. The number of hydrogen-bond acceptors (Lipinski definition) is 3. The van der Waals surface area contributed by atoms with Gasteiger partial charge in [-0.2, -0.15) is 0 Å². The van der Waals surface area contributed by atoms with Gasteiger partial charge in [-0.15, -0.1) is 0 Å². The minimum Gasteiger partial charge on any atom is -0.480 e. The Morgan fingerprint density at radius 2 is 1.27 bits per heavy atom. The van der Waals surface area contributed by atoms with Crippen LogP contribution in [-0.4, -0.2) is 33.8 Å². The van der Waals surface area contributed by atoms with Crippen LogP contribution in [0.3, 0.4) is 0 Å². The Morgan fingerprint density at radius 1 is 0.909 bits per heavy atom. The van der Waals surface area contributed by atoms with Gasteiger partial charge in [0.25, 0.3) is 11.8 Å². The highest BCUT2D eigenvalue weighted by atomic mass is 19.2. The Balaban J connectivity index is 2.71. The second kappa shape index (κ2) is 5.08. The summed E-state index contributed by atoms with van der Waals surface area (Å²) in [6, 6.07) is -1.72. The summed E-state index contributed by atoms with van der Waals surface area (Å²) in [6.45, 7) is 2.71. The maximum atomic E-state index is 13.7. The van der Waals surface area contributed by atoms with Crippen molar-refractivity contribution in [2.75, 3.05) is 0 Å². The van der Waals surface area contributed by atoms with Crippen molar-refractivity contribution >= 4 is 17.8 Å². The van der Waals surface area contributed by atoms with Gasteiger partial charge in [0.15, 0.2) is 23.3 Å². The summed E-state index contributed by atoms with van der Waals surface area (Å²) >= 11 is 0. The second-order valence-corrected chi connectivity index (χ2v) is 5.01. The number of carbonyl (C=O) groups excluding carboxylic acids is 2. The van der Waals surface area contributed by atoms with Crippen molar-refractivity contribution in [2.45, 2.75) is 19.9 Å². The van der Waals surface area contributed by atoms with Crippen LogP contribution >= 0.6 is 0 Å². The molecule has 118 valence electrons. The lowest BCUT2D eigenvalue weighted by atomic mass is 10.0. The first-order valence-electron chi connectivity index (χ1n) is 6.07. The van der Waals surface area contributed by atoms with E-state index in [-0.39, 0.29) is 4.90 Å². The van der Waals surface area contributed by atoms with Crippen molar-refractivity contribution in [3.8, 4) is 0 Å². The largest absolute Gasteiger partial charge is 0.480 e. The third-order valence-corrected chi connectivity index (χ3v) is 3.30. The number of aliphatic carboxylic acids is 1. The molecule has 0 fully saturated rings. The number of halogens is 4. The Hall–Kier alpha value is -2.45. The molecule has 1 aliphatic rings. The van der Waals surface area contributed by atoms with Crippen LogP contribution in [0.4, 0.5) is 17.6 Å². The van der Waals surface area contributed by atoms with Crippen LogP contribution in [0.1, 0.15) is 34.6 Å². The van der Waals surface area contributed by atoms with E-state index in [1.807, 2.05) is 0 Å². The summed E-state index contributed by atoms with van der Waals surface area (Å²) in [7, 11) is 0. The molecule has 22 heavy (non-hydrogen) atoms. The lowest BCUT2D eigenvalue weighted by molar-refractivity contribution is -0.143. The minimum atomic E-state index is -2.24. The molecule has 1 N–H and O–H groups in total. The van der Waals surface area contributed by atoms with Crippen molar-refractivity contribution in [1.82, 2.24) is 4.90 Å². The van der Waals surface area contributed by atoms with Crippen LogP contribution in [0.2, 0.25) is 0 Å². The topological polar surface area (TPSA) is 74.7 Å². The standard InChI is InChI=1S/C13H9F4NO4/c1-3(2)10(13(21)22)18-11(19)4-5(12(18)20)7(15)9(17)8(16)6(4)14/h3,10H,1-2H3,(H,21,22)/t10-/m0/s1. The molecule has 2 rings (SSSR count). The fraction of sp³-hybridized carbons (Fsp3) is 0.308. The summed E-state index contributed by atoms with van der Waals surface area (Å²) in [6.07, 6.45) is 0. The van der Waals surface area contributed by atoms with Gasteiger partial charge >= 0.3 is 5.97 Å². The van der Waals surface area contributed by atoms with E-state index >= 15 is 0 Å². The van der Waals surface area contributed by atoms with Gasteiger partial charge in [0.1, 0.15) is 6.04 Å². The van der Waals surface area contributed by atoms with Crippen LogP contribution in [0.15, 0.2) is 0 Å². The lowest BCUT2D eigenvalue weighted by Crippen LogP contribution is -2.48. The number of carboxylic acids is 1. The zero-order chi connectivity index (χ0) is 16.9. The molecular formula is C13H9F4NO4. The molecule has 1 aromatic carbocycles. The quantitative estimate of drug-likeness (QED) is 0.400. The first kappa shape index (κ1) is 15.9. The molecule has 1 atom stereocenters. The Labute approximate surface area is 121 Å². The monoisotopic (exact) mass is 319 g/mol. The number of benzene rings is 1. The molecule has 0 aliphatic carbocycles. The number of rotatable bonds is 3. The van der Waals surface area contributed by atoms with Crippen LogP contribution in [0.25, 0.3) is 0 Å². The second-order valence-electron chi connectivity index (χ2n) is 5.01. The van der Waals surface area contributed by atoms with Gasteiger partial charge in [0.2, 0.25) is 0 Å². The number of hydrogen-bond donors (Lipinski definition) is 1. The van der Waals surface area contributed by atoms with Crippen LogP contribution < -0.4 is 0 Å². The minimum absolute atomic E-state index is 0.0999. The lowest BCUT2D eigenvalue weighted by Gasteiger charge is -2.25. The molecule has 0 saturated carbocycles. The van der Waals surface area contributed by atoms with E-state index in [1.54, 1.807) is 0 Å². The van der Waals surface area contributed by atoms with Gasteiger partial charge in [-0.3, -0.25) is 14.5 Å². The molecule has 1 aliphatic heterocycles. The molecular weight excluding hydrogens is 310 g/mol. The number of fused-ring (bicyclic) bond motifs is 1. The van der Waals surface area contributed by atoms with E-state index in [4.69, 9.17) is 5.11 Å². The highest BCUT2D eigenvalue weighted by Crippen LogP contribution is 2.33. The summed E-state index contributed by atoms with van der Waals surface area (Å²) in [5.74, 6) is -13.9. The fourth-order valence-electron chi connectivity index (χ4n) is 2.31. The average Bonchev–Trinajstić information content (AvgIpc) is 2.67. The van der Waals surface area contributed by atoms with Crippen molar-refractivity contribution < 1.29 is 37.1 Å². The Bertz CT molecular complexity index is 670. The molecule has 2 amide bonds. The van der Waals surface area contributed by atoms with Crippen LogP contribution in [-0.2, 0) is 4.79 Å². The Morgan fingerprint density at radius 3 is 1.55 bits per heavy atom. The number of carbonyl (C=O) groups is 3. The summed E-state index contributed by atoms with van der Waals surface area (Å²) in [5, 5.41) is 9.08. The highest BCUT2D eigenvalue weighted by Gasteiger charge is 2.49. The van der Waals surface area contributed by atoms with Crippen molar-refractivity contribution in [2.24, 2.45) is 5.92 Å². The number of carboxylic acid groups (broad SMARTS) is 1. The first-order valence-corrected chi connectivity index (χ1v) is 6.07. The molecule has 9 heteroatoms. The average molecular weight is 319 g/mol. The molecule has 0 bridgehead atoms. The molecule has 0 radical (unpaired) electrons. The van der Waals surface area contributed by atoms with Gasteiger partial charge in [-0.05, 0) is 5.92 Å². The van der Waals surface area contributed by atoms with Gasteiger partial charge in [-0.25, -0.2) is 22.4 Å². The predicted molar refractivity (Wildman–Crippen MR) is 63.0 cm³/mol. The van der Waals surface area contributed by atoms with Gasteiger partial charge in [-0.1, -0.05) is 13.8 Å².